The fourth-order valence-electron chi connectivity index (χ4n) is 5.25. The molecule has 2 aromatic carbocycles. The number of amides is 1. The third kappa shape index (κ3) is 4.61. The number of halogens is 3. The molecule has 1 fully saturated rings. The number of fused-ring (bicyclic) bond motifs is 1. The van der Waals surface area contributed by atoms with Gasteiger partial charge in [-0.05, 0) is 62.2 Å². The van der Waals surface area contributed by atoms with E-state index < -0.39 is 29.1 Å². The van der Waals surface area contributed by atoms with E-state index >= 15 is 13.2 Å². The van der Waals surface area contributed by atoms with Crippen LogP contribution in [0.5, 0.6) is 0 Å². The molecule has 0 aliphatic carbocycles. The van der Waals surface area contributed by atoms with Crippen LogP contribution in [-0.2, 0) is 10.7 Å². The molecule has 3 heterocycles. The molecule has 0 saturated carbocycles. The molecule has 1 atom stereocenters. The van der Waals surface area contributed by atoms with Gasteiger partial charge in [-0.2, -0.15) is 13.2 Å². The summed E-state index contributed by atoms with van der Waals surface area (Å²) in [5.41, 5.74) is 5.54. The number of pyridine rings is 1. The van der Waals surface area contributed by atoms with Crippen molar-refractivity contribution >= 4 is 17.4 Å². The lowest BCUT2D eigenvalue weighted by Crippen LogP contribution is -2.61. The van der Waals surface area contributed by atoms with Gasteiger partial charge < -0.3 is 20.7 Å². The summed E-state index contributed by atoms with van der Waals surface area (Å²) in [6, 6.07) is 13.5. The molecule has 10 heteroatoms. The first-order chi connectivity index (χ1) is 18.4. The molecule has 3 N–H and O–H groups in total. The van der Waals surface area contributed by atoms with Crippen molar-refractivity contribution < 1.29 is 22.7 Å². The molecule has 2 aliphatic heterocycles. The van der Waals surface area contributed by atoms with Gasteiger partial charge in [-0.25, -0.2) is 4.98 Å². The third-order valence-corrected chi connectivity index (χ3v) is 7.87. The average molecular weight is 540 g/mol. The number of benzene rings is 2. The van der Waals surface area contributed by atoms with Crippen molar-refractivity contribution in [3.8, 4) is 22.3 Å². The number of piperazine rings is 1. The van der Waals surface area contributed by atoms with Gasteiger partial charge in [-0.15, -0.1) is 0 Å². The van der Waals surface area contributed by atoms with E-state index in [0.29, 0.717) is 11.6 Å². The van der Waals surface area contributed by atoms with Crippen LogP contribution in [-0.4, -0.2) is 60.8 Å². The van der Waals surface area contributed by atoms with E-state index in [4.69, 9.17) is 10.5 Å². The zero-order chi connectivity index (χ0) is 28.1. The standard InChI is InChI=1S/C29H32F3N5O2/c1-17(2)36-11-13-37(14-12-36)20-8-5-18(6-9-20)22-16-23(26(33)34-25(22)30)19-7-10-21-24(15-19)29(31,32)28(3,39-4)35-27(21)38/h5-10,15-17H,11-14H2,1-4H3,(H2,33,34)(H,35,38). The Morgan fingerprint density at radius 3 is 2.23 bits per heavy atom. The Morgan fingerprint density at radius 2 is 1.62 bits per heavy atom. The minimum atomic E-state index is -3.54. The lowest BCUT2D eigenvalue weighted by atomic mass is 9.87. The van der Waals surface area contributed by atoms with Crippen LogP contribution in [0.3, 0.4) is 0 Å². The summed E-state index contributed by atoms with van der Waals surface area (Å²) in [4.78, 5) is 21.1. The van der Waals surface area contributed by atoms with Gasteiger partial charge in [0.05, 0.1) is 0 Å². The Balaban J connectivity index is 1.48. The van der Waals surface area contributed by atoms with Gasteiger partial charge >= 0.3 is 5.92 Å². The fraction of sp³-hybridized carbons (Fsp3) is 0.379. The monoisotopic (exact) mass is 539 g/mol. The first kappa shape index (κ1) is 27.0. The van der Waals surface area contributed by atoms with Crippen LogP contribution < -0.4 is 16.0 Å². The maximum absolute atomic E-state index is 15.4. The molecule has 3 aromatic rings. The van der Waals surface area contributed by atoms with Crippen molar-refractivity contribution in [2.45, 2.75) is 38.5 Å². The molecule has 206 valence electrons. The van der Waals surface area contributed by atoms with E-state index in [1.165, 1.54) is 24.3 Å². The number of alkyl halides is 2. The zero-order valence-corrected chi connectivity index (χ0v) is 22.4. The Bertz CT molecular complexity index is 1400. The van der Waals surface area contributed by atoms with E-state index in [-0.39, 0.29) is 28.1 Å². The van der Waals surface area contributed by atoms with Crippen molar-refractivity contribution in [1.29, 1.82) is 0 Å². The number of rotatable bonds is 5. The van der Waals surface area contributed by atoms with Crippen molar-refractivity contribution in [2.75, 3.05) is 43.9 Å². The molecule has 1 aromatic heterocycles. The van der Waals surface area contributed by atoms with Gasteiger partial charge in [0.1, 0.15) is 5.82 Å². The van der Waals surface area contributed by atoms with E-state index in [1.807, 2.05) is 24.3 Å². The van der Waals surface area contributed by atoms with Crippen LogP contribution in [0.2, 0.25) is 0 Å². The number of ether oxygens (including phenoxy) is 1. The molecule has 39 heavy (non-hydrogen) atoms. The van der Waals surface area contributed by atoms with Gasteiger partial charge in [0.15, 0.2) is 0 Å². The van der Waals surface area contributed by atoms with E-state index in [1.54, 1.807) is 0 Å². The number of anilines is 2. The summed E-state index contributed by atoms with van der Waals surface area (Å²) in [7, 11) is 1.11. The quantitative estimate of drug-likeness (QED) is 0.451. The minimum Gasteiger partial charge on any atom is -0.383 e. The largest absolute Gasteiger partial charge is 0.383 e. The first-order valence-corrected chi connectivity index (χ1v) is 12.9. The Morgan fingerprint density at radius 1 is 0.974 bits per heavy atom. The van der Waals surface area contributed by atoms with Crippen LogP contribution in [0.1, 0.15) is 36.7 Å². The number of nitrogens with two attached hydrogens (primary N) is 1. The molecule has 0 spiro atoms. The van der Waals surface area contributed by atoms with Crippen molar-refractivity contribution in [2.24, 2.45) is 0 Å². The van der Waals surface area contributed by atoms with Gasteiger partial charge in [0.25, 0.3) is 5.91 Å². The first-order valence-electron chi connectivity index (χ1n) is 12.9. The van der Waals surface area contributed by atoms with Crippen LogP contribution in [0, 0.1) is 5.95 Å². The van der Waals surface area contributed by atoms with E-state index in [0.717, 1.165) is 45.9 Å². The minimum absolute atomic E-state index is 0.145. The summed E-state index contributed by atoms with van der Waals surface area (Å²) < 4.78 is 50.8. The molecule has 1 saturated heterocycles. The number of hydrogen-bond acceptors (Lipinski definition) is 6. The van der Waals surface area contributed by atoms with Gasteiger partial charge in [-0.3, -0.25) is 9.69 Å². The predicted molar refractivity (Wildman–Crippen MR) is 145 cm³/mol. The summed E-state index contributed by atoms with van der Waals surface area (Å²) in [6.45, 7) is 9.26. The number of nitrogen functional groups attached to an aromatic ring is 1. The normalized spacial score (nSPS) is 21.1. The summed E-state index contributed by atoms with van der Waals surface area (Å²) in [5, 5.41) is 2.23. The lowest BCUT2D eigenvalue weighted by Gasteiger charge is -2.41. The van der Waals surface area contributed by atoms with Crippen LogP contribution in [0.25, 0.3) is 22.3 Å². The Kier molecular flexibility index (Phi) is 6.80. The molecule has 1 amide bonds. The highest BCUT2D eigenvalue weighted by atomic mass is 19.3. The molecule has 5 rings (SSSR count). The van der Waals surface area contributed by atoms with Crippen LogP contribution in [0.4, 0.5) is 24.7 Å². The predicted octanol–water partition coefficient (Wildman–Crippen LogP) is 4.87. The van der Waals surface area contributed by atoms with E-state index in [2.05, 4.69) is 33.9 Å². The summed E-state index contributed by atoms with van der Waals surface area (Å²) >= 11 is 0. The Hall–Kier alpha value is -3.63. The number of nitrogens with one attached hydrogen (secondary N) is 1. The fourth-order valence-corrected chi connectivity index (χ4v) is 5.25. The maximum Gasteiger partial charge on any atom is 0.320 e. The number of carbonyl (C=O) groups is 1. The average Bonchev–Trinajstić information content (AvgIpc) is 2.92. The number of hydrogen-bond donors (Lipinski definition) is 2. The summed E-state index contributed by atoms with van der Waals surface area (Å²) in [6.07, 6.45) is 0. The SMILES string of the molecule is COC1(C)NC(=O)c2ccc(-c3cc(-c4ccc(N5CCN(C(C)C)CC5)cc4)c(F)nc3N)cc2C1(F)F. The highest BCUT2D eigenvalue weighted by Gasteiger charge is 2.58. The van der Waals surface area contributed by atoms with Gasteiger partial charge in [-0.1, -0.05) is 18.2 Å². The molecular formula is C29H32F3N5O2. The molecular weight excluding hydrogens is 507 g/mol. The van der Waals surface area contributed by atoms with Gasteiger partial charge in [0, 0.05) is 67.3 Å². The maximum atomic E-state index is 15.4. The summed E-state index contributed by atoms with van der Waals surface area (Å²) in [5.74, 6) is -5.12. The lowest BCUT2D eigenvalue weighted by molar-refractivity contribution is -0.208. The molecule has 2 aliphatic rings. The topological polar surface area (TPSA) is 83.7 Å². The highest BCUT2D eigenvalue weighted by Crippen LogP contribution is 2.45. The number of carbonyl (C=O) groups excluding carboxylic acids is 1. The second kappa shape index (κ2) is 9.84. The second-order valence-corrected chi connectivity index (χ2v) is 10.4. The Labute approximate surface area is 225 Å². The molecule has 0 bridgehead atoms. The molecule has 0 radical (unpaired) electrons. The van der Waals surface area contributed by atoms with Crippen LogP contribution >= 0.6 is 0 Å². The van der Waals surface area contributed by atoms with Gasteiger partial charge in [0.2, 0.25) is 11.7 Å². The zero-order valence-electron chi connectivity index (χ0n) is 22.4. The van der Waals surface area contributed by atoms with Crippen molar-refractivity contribution in [3.63, 3.8) is 0 Å². The number of nitrogens with zero attached hydrogens (tertiary/aromatic N) is 3. The molecule has 7 nitrogen and oxygen atoms in total. The molecule has 1 unspecified atom stereocenters. The van der Waals surface area contributed by atoms with Crippen molar-refractivity contribution in [1.82, 2.24) is 15.2 Å². The number of methoxy groups -OCH3 is 1. The van der Waals surface area contributed by atoms with E-state index in [9.17, 15) is 4.79 Å². The van der Waals surface area contributed by atoms with Crippen LogP contribution in [0.15, 0.2) is 48.5 Å². The smallest absolute Gasteiger partial charge is 0.320 e. The highest BCUT2D eigenvalue weighted by molar-refractivity contribution is 5.99. The second-order valence-electron chi connectivity index (χ2n) is 10.4. The number of aromatic nitrogens is 1. The van der Waals surface area contributed by atoms with Crippen molar-refractivity contribution in [3.05, 3.63) is 65.6 Å². The third-order valence-electron chi connectivity index (χ3n) is 7.87.